The van der Waals surface area contributed by atoms with Crippen LogP contribution in [0, 0.1) is 0 Å². The van der Waals surface area contributed by atoms with Crippen molar-refractivity contribution in [2.45, 2.75) is 19.1 Å². The maximum absolute atomic E-state index is 12.8. The van der Waals surface area contributed by atoms with Crippen molar-refractivity contribution in [2.75, 3.05) is 19.7 Å². The van der Waals surface area contributed by atoms with Crippen molar-refractivity contribution in [1.82, 2.24) is 4.90 Å². The van der Waals surface area contributed by atoms with Crippen molar-refractivity contribution < 1.29 is 36.6 Å². The molecule has 1 aliphatic heterocycles. The molecule has 1 saturated heterocycles. The van der Waals surface area contributed by atoms with Crippen LogP contribution >= 0.6 is 0 Å². The summed E-state index contributed by atoms with van der Waals surface area (Å²) in [5.74, 6) is 0.356. The van der Waals surface area contributed by atoms with Gasteiger partial charge in [0.15, 0.2) is 5.76 Å². The molecule has 0 radical (unpaired) electrons. The number of furan rings is 1. The van der Waals surface area contributed by atoms with E-state index in [-0.39, 0.29) is 30.1 Å². The van der Waals surface area contributed by atoms with Crippen molar-refractivity contribution in [3.8, 4) is 11.5 Å². The van der Waals surface area contributed by atoms with E-state index in [2.05, 4.69) is 4.74 Å². The third kappa shape index (κ3) is 5.61. The number of morpholine rings is 1. The van der Waals surface area contributed by atoms with E-state index in [0.717, 1.165) is 17.7 Å². The molecule has 0 bridgehead atoms. The van der Waals surface area contributed by atoms with E-state index >= 15 is 0 Å². The lowest BCUT2D eigenvalue weighted by molar-refractivity contribution is -0.274. The third-order valence-electron chi connectivity index (χ3n) is 4.84. The largest absolute Gasteiger partial charge is 0.573 e. The van der Waals surface area contributed by atoms with Gasteiger partial charge >= 0.3 is 6.36 Å². The van der Waals surface area contributed by atoms with Crippen LogP contribution in [-0.2, 0) is 11.3 Å². The quantitative estimate of drug-likeness (QED) is 0.534. The summed E-state index contributed by atoms with van der Waals surface area (Å²) >= 11 is 0. The molecular formula is C23H20F3NO5. The number of carbonyl (C=O) groups is 1. The molecule has 0 unspecified atom stereocenters. The molecule has 9 heteroatoms. The average molecular weight is 447 g/mol. The predicted octanol–water partition coefficient (Wildman–Crippen LogP) is 4.97. The lowest BCUT2D eigenvalue weighted by Gasteiger charge is -2.32. The highest BCUT2D eigenvalue weighted by atomic mass is 19.4. The lowest BCUT2D eigenvalue weighted by atomic mass is 10.1. The summed E-state index contributed by atoms with van der Waals surface area (Å²) in [5.41, 5.74) is 1.00. The van der Waals surface area contributed by atoms with Gasteiger partial charge in [-0.05, 0) is 42.0 Å². The van der Waals surface area contributed by atoms with E-state index in [1.807, 2.05) is 30.3 Å². The second kappa shape index (κ2) is 9.35. The first-order valence-electron chi connectivity index (χ1n) is 9.90. The minimum absolute atomic E-state index is 0.0164. The van der Waals surface area contributed by atoms with Crippen molar-refractivity contribution >= 4 is 5.91 Å². The number of benzene rings is 2. The zero-order chi connectivity index (χ0) is 22.6. The van der Waals surface area contributed by atoms with Crippen LogP contribution < -0.4 is 9.47 Å². The fourth-order valence-corrected chi connectivity index (χ4v) is 3.32. The zero-order valence-corrected chi connectivity index (χ0v) is 16.9. The number of carbonyl (C=O) groups excluding carboxylic acids is 1. The molecule has 0 spiro atoms. The van der Waals surface area contributed by atoms with Gasteiger partial charge in [0.2, 0.25) is 0 Å². The molecule has 0 saturated carbocycles. The number of amides is 1. The molecule has 168 valence electrons. The summed E-state index contributed by atoms with van der Waals surface area (Å²) < 4.78 is 57.4. The first-order valence-corrected chi connectivity index (χ1v) is 9.90. The Morgan fingerprint density at radius 3 is 2.44 bits per heavy atom. The number of alkyl halides is 3. The van der Waals surface area contributed by atoms with Crippen molar-refractivity contribution in [1.29, 1.82) is 0 Å². The smallest absolute Gasteiger partial charge is 0.486 e. The molecule has 1 aliphatic rings. The van der Waals surface area contributed by atoms with E-state index < -0.39 is 6.36 Å². The molecule has 6 nitrogen and oxygen atoms in total. The predicted molar refractivity (Wildman–Crippen MR) is 107 cm³/mol. The van der Waals surface area contributed by atoms with Gasteiger partial charge in [-0.1, -0.05) is 30.3 Å². The summed E-state index contributed by atoms with van der Waals surface area (Å²) in [6.45, 7) is 1.32. The van der Waals surface area contributed by atoms with Crippen LogP contribution in [0.5, 0.6) is 11.5 Å². The van der Waals surface area contributed by atoms with E-state index in [1.165, 1.54) is 12.1 Å². The number of ether oxygens (including phenoxy) is 3. The summed E-state index contributed by atoms with van der Waals surface area (Å²) in [4.78, 5) is 14.5. The third-order valence-corrected chi connectivity index (χ3v) is 4.84. The van der Waals surface area contributed by atoms with Crippen LogP contribution in [0.4, 0.5) is 13.2 Å². The van der Waals surface area contributed by atoms with Gasteiger partial charge in [0, 0.05) is 6.54 Å². The molecule has 1 fully saturated rings. The van der Waals surface area contributed by atoms with Gasteiger partial charge in [-0.25, -0.2) is 0 Å². The summed E-state index contributed by atoms with van der Waals surface area (Å²) in [6, 6.07) is 17.9. The second-order valence-corrected chi connectivity index (χ2v) is 7.10. The molecule has 1 atom stereocenters. The van der Waals surface area contributed by atoms with Crippen LogP contribution in [0.1, 0.15) is 28.0 Å². The van der Waals surface area contributed by atoms with Crippen LogP contribution in [0.2, 0.25) is 0 Å². The van der Waals surface area contributed by atoms with Gasteiger partial charge in [0.25, 0.3) is 5.91 Å². The van der Waals surface area contributed by atoms with Crippen molar-refractivity contribution in [3.63, 3.8) is 0 Å². The van der Waals surface area contributed by atoms with Crippen LogP contribution in [-0.4, -0.2) is 36.9 Å². The standard InChI is InChI=1S/C23H20F3NO5/c24-23(25,26)32-18-8-6-17(7-9-18)30-15-19-10-11-20(31-19)22(28)27-12-13-29-21(14-27)16-4-2-1-3-5-16/h1-11,21H,12-15H2/t21-/m1/s1. The van der Waals surface area contributed by atoms with E-state index in [4.69, 9.17) is 13.9 Å². The van der Waals surface area contributed by atoms with Crippen LogP contribution in [0.15, 0.2) is 71.1 Å². The fourth-order valence-electron chi connectivity index (χ4n) is 3.32. The Hall–Kier alpha value is -3.46. The lowest BCUT2D eigenvalue weighted by Crippen LogP contribution is -2.42. The minimum Gasteiger partial charge on any atom is -0.486 e. The monoisotopic (exact) mass is 447 g/mol. The number of hydrogen-bond donors (Lipinski definition) is 0. The molecule has 0 N–H and O–H groups in total. The van der Waals surface area contributed by atoms with Crippen molar-refractivity contribution in [2.24, 2.45) is 0 Å². The highest BCUT2D eigenvalue weighted by molar-refractivity contribution is 5.91. The highest BCUT2D eigenvalue weighted by Gasteiger charge is 2.31. The molecule has 1 amide bonds. The first-order chi connectivity index (χ1) is 15.4. The number of rotatable bonds is 6. The molecular weight excluding hydrogens is 427 g/mol. The van der Waals surface area contributed by atoms with Gasteiger partial charge in [0.05, 0.1) is 13.2 Å². The van der Waals surface area contributed by atoms with Gasteiger partial charge in [0.1, 0.15) is 30.0 Å². The van der Waals surface area contributed by atoms with Crippen LogP contribution in [0.3, 0.4) is 0 Å². The van der Waals surface area contributed by atoms with E-state index in [9.17, 15) is 18.0 Å². The fraction of sp³-hybridized carbons (Fsp3) is 0.261. The van der Waals surface area contributed by atoms with E-state index in [0.29, 0.717) is 31.2 Å². The maximum atomic E-state index is 12.8. The highest BCUT2D eigenvalue weighted by Crippen LogP contribution is 2.26. The van der Waals surface area contributed by atoms with Gasteiger partial charge in [-0.2, -0.15) is 0 Å². The molecule has 3 aromatic rings. The Morgan fingerprint density at radius 1 is 1.00 bits per heavy atom. The Bertz CT molecular complexity index is 1030. The Morgan fingerprint density at radius 2 is 1.72 bits per heavy atom. The summed E-state index contributed by atoms with van der Waals surface area (Å²) in [7, 11) is 0. The maximum Gasteiger partial charge on any atom is 0.573 e. The molecule has 4 rings (SSSR count). The topological polar surface area (TPSA) is 61.1 Å². The van der Waals surface area contributed by atoms with Crippen LogP contribution in [0.25, 0.3) is 0 Å². The van der Waals surface area contributed by atoms with Gasteiger partial charge < -0.3 is 23.5 Å². The number of halogens is 3. The first kappa shape index (κ1) is 21.8. The summed E-state index contributed by atoms with van der Waals surface area (Å²) in [5, 5.41) is 0. The molecule has 2 heterocycles. The average Bonchev–Trinajstić information content (AvgIpc) is 3.27. The van der Waals surface area contributed by atoms with E-state index in [1.54, 1.807) is 17.0 Å². The zero-order valence-electron chi connectivity index (χ0n) is 16.9. The Labute approximate surface area is 182 Å². The summed E-state index contributed by atoms with van der Waals surface area (Å²) in [6.07, 6.45) is -4.95. The Balaban J connectivity index is 1.33. The number of nitrogens with zero attached hydrogens (tertiary/aromatic N) is 1. The molecule has 1 aromatic heterocycles. The molecule has 32 heavy (non-hydrogen) atoms. The second-order valence-electron chi connectivity index (χ2n) is 7.10. The van der Waals surface area contributed by atoms with Gasteiger partial charge in [-0.3, -0.25) is 4.79 Å². The number of hydrogen-bond acceptors (Lipinski definition) is 5. The Kier molecular flexibility index (Phi) is 6.36. The van der Waals surface area contributed by atoms with Gasteiger partial charge in [-0.15, -0.1) is 13.2 Å². The molecule has 2 aromatic carbocycles. The normalized spacial score (nSPS) is 16.6. The molecule has 0 aliphatic carbocycles. The van der Waals surface area contributed by atoms with Crippen molar-refractivity contribution in [3.05, 3.63) is 83.8 Å². The minimum atomic E-state index is -4.75. The SMILES string of the molecule is O=C(c1ccc(COc2ccc(OC(F)(F)F)cc2)o1)N1CCO[C@@H](c2ccccc2)C1.